The summed E-state index contributed by atoms with van der Waals surface area (Å²) in [6, 6.07) is 14.8. The molecule has 156 valence electrons. The fraction of sp³-hybridized carbons (Fsp3) is 0.250. The molecule has 0 fully saturated rings. The van der Waals surface area contributed by atoms with Crippen LogP contribution in [0.2, 0.25) is 0 Å². The third-order valence-corrected chi connectivity index (χ3v) is 4.94. The second-order valence-corrected chi connectivity index (χ2v) is 7.41. The van der Waals surface area contributed by atoms with Crippen LogP contribution in [0.1, 0.15) is 37.5 Å². The van der Waals surface area contributed by atoms with Gasteiger partial charge in [-0.05, 0) is 62.2 Å². The van der Waals surface area contributed by atoms with Crippen LogP contribution in [-0.2, 0) is 0 Å². The summed E-state index contributed by atoms with van der Waals surface area (Å²) in [5, 5.41) is 2.86. The summed E-state index contributed by atoms with van der Waals surface area (Å²) in [6.45, 7) is 6.78. The van der Waals surface area contributed by atoms with Gasteiger partial charge in [0.05, 0.1) is 6.54 Å². The van der Waals surface area contributed by atoms with Gasteiger partial charge < -0.3 is 19.9 Å². The summed E-state index contributed by atoms with van der Waals surface area (Å²) in [6.07, 6.45) is 1.69. The zero-order valence-corrected chi connectivity index (χ0v) is 17.8. The Kier molecular flexibility index (Phi) is 6.57. The minimum absolute atomic E-state index is 0.130. The molecule has 0 aliphatic carbocycles. The fourth-order valence-electron chi connectivity index (χ4n) is 3.13. The first-order chi connectivity index (χ1) is 14.3. The van der Waals surface area contributed by atoms with Crippen molar-refractivity contribution >= 4 is 17.5 Å². The molecule has 0 aliphatic rings. The summed E-state index contributed by atoms with van der Waals surface area (Å²) < 4.78 is 5.83. The van der Waals surface area contributed by atoms with Crippen LogP contribution in [0, 0.1) is 20.8 Å². The van der Waals surface area contributed by atoms with Gasteiger partial charge >= 0.3 is 0 Å². The van der Waals surface area contributed by atoms with Crippen LogP contribution in [0.5, 0.6) is 5.75 Å². The fourth-order valence-corrected chi connectivity index (χ4v) is 3.13. The number of anilines is 1. The van der Waals surface area contributed by atoms with E-state index in [-0.39, 0.29) is 11.8 Å². The molecule has 3 rings (SSSR count). The number of hydrogen-bond donors (Lipinski definition) is 2. The topological polar surface area (TPSA) is 74.4 Å². The molecule has 0 saturated heterocycles. The molecule has 0 unspecified atom stereocenters. The Hall–Kier alpha value is -3.54. The highest BCUT2D eigenvalue weighted by Crippen LogP contribution is 2.20. The number of aromatic amines is 1. The van der Waals surface area contributed by atoms with Crippen molar-refractivity contribution in [3.63, 3.8) is 0 Å². The maximum atomic E-state index is 12.8. The summed E-state index contributed by atoms with van der Waals surface area (Å²) in [4.78, 5) is 29.6. The van der Waals surface area contributed by atoms with Crippen molar-refractivity contribution in [2.75, 3.05) is 25.5 Å². The summed E-state index contributed by atoms with van der Waals surface area (Å²) in [5.41, 5.74) is 4.73. The number of H-pyrrole nitrogens is 1. The van der Waals surface area contributed by atoms with E-state index in [0.717, 1.165) is 16.9 Å². The van der Waals surface area contributed by atoms with Crippen LogP contribution in [0.3, 0.4) is 0 Å². The first kappa shape index (κ1) is 21.2. The van der Waals surface area contributed by atoms with E-state index in [1.165, 1.54) is 5.56 Å². The first-order valence-corrected chi connectivity index (χ1v) is 9.86. The van der Waals surface area contributed by atoms with E-state index >= 15 is 0 Å². The van der Waals surface area contributed by atoms with Gasteiger partial charge in [-0.15, -0.1) is 0 Å². The van der Waals surface area contributed by atoms with Gasteiger partial charge in [0, 0.05) is 24.5 Å². The minimum atomic E-state index is -0.247. The van der Waals surface area contributed by atoms with Gasteiger partial charge in [-0.25, -0.2) is 0 Å². The third kappa shape index (κ3) is 5.08. The average Bonchev–Trinajstić information content (AvgIpc) is 3.25. The Balaban J connectivity index is 1.61. The lowest BCUT2D eigenvalue weighted by molar-refractivity contribution is 0.0773. The number of carbonyl (C=O) groups excluding carboxylic acids is 2. The molecule has 1 heterocycles. The molecule has 2 aromatic carbocycles. The van der Waals surface area contributed by atoms with E-state index in [1.807, 2.05) is 39.0 Å². The second kappa shape index (κ2) is 9.31. The molecule has 30 heavy (non-hydrogen) atoms. The smallest absolute Gasteiger partial charge is 0.272 e. The Bertz CT molecular complexity index is 1040. The van der Waals surface area contributed by atoms with Crippen LogP contribution in [0.4, 0.5) is 5.69 Å². The molecule has 3 aromatic rings. The predicted molar refractivity (Wildman–Crippen MR) is 118 cm³/mol. The number of hydrogen-bond acceptors (Lipinski definition) is 3. The van der Waals surface area contributed by atoms with Crippen LogP contribution < -0.4 is 10.1 Å². The average molecular weight is 405 g/mol. The van der Waals surface area contributed by atoms with Gasteiger partial charge in [-0.1, -0.05) is 23.8 Å². The van der Waals surface area contributed by atoms with E-state index in [9.17, 15) is 9.59 Å². The number of nitrogens with zero attached hydrogens (tertiary/aromatic N) is 1. The van der Waals surface area contributed by atoms with Gasteiger partial charge in [0.2, 0.25) is 0 Å². The monoisotopic (exact) mass is 405 g/mol. The lowest BCUT2D eigenvalue weighted by Gasteiger charge is -2.19. The quantitative estimate of drug-likeness (QED) is 0.614. The predicted octanol–water partition coefficient (Wildman–Crippen LogP) is 4.34. The first-order valence-electron chi connectivity index (χ1n) is 9.86. The standard InChI is InChI=1S/C24H27N3O3/c1-16-7-10-22(18(3)14-16)30-13-12-27(4)24(29)19-9-8-17(2)21(15-19)26-23(28)20-6-5-11-25-20/h5-11,14-15,25H,12-13H2,1-4H3,(H,26,28). The maximum absolute atomic E-state index is 12.8. The van der Waals surface area contributed by atoms with Gasteiger partial charge in [-0.2, -0.15) is 0 Å². The number of amides is 2. The van der Waals surface area contributed by atoms with Gasteiger partial charge in [0.1, 0.15) is 18.1 Å². The number of aromatic nitrogens is 1. The molecule has 0 spiro atoms. The summed E-state index contributed by atoms with van der Waals surface area (Å²) in [5.74, 6) is 0.448. The molecule has 6 heteroatoms. The Morgan fingerprint density at radius 1 is 1.03 bits per heavy atom. The van der Waals surface area contributed by atoms with Crippen molar-refractivity contribution in [3.05, 3.63) is 82.7 Å². The summed E-state index contributed by atoms with van der Waals surface area (Å²) in [7, 11) is 1.74. The molecule has 1 aromatic heterocycles. The SMILES string of the molecule is Cc1ccc(OCCN(C)C(=O)c2ccc(C)c(NC(=O)c3ccc[nH]3)c2)c(C)c1. The van der Waals surface area contributed by atoms with Crippen molar-refractivity contribution in [1.29, 1.82) is 0 Å². The van der Waals surface area contributed by atoms with Crippen molar-refractivity contribution < 1.29 is 14.3 Å². The number of nitrogens with one attached hydrogen (secondary N) is 2. The van der Waals surface area contributed by atoms with Crippen molar-refractivity contribution in [3.8, 4) is 5.75 Å². The largest absolute Gasteiger partial charge is 0.491 e. The lowest BCUT2D eigenvalue weighted by Crippen LogP contribution is -2.31. The number of rotatable bonds is 7. The molecule has 0 radical (unpaired) electrons. The molecule has 2 amide bonds. The molecule has 0 bridgehead atoms. The highest BCUT2D eigenvalue weighted by Gasteiger charge is 2.15. The van der Waals surface area contributed by atoms with Crippen LogP contribution in [0.25, 0.3) is 0 Å². The zero-order chi connectivity index (χ0) is 21.7. The van der Waals surface area contributed by atoms with E-state index < -0.39 is 0 Å². The van der Waals surface area contributed by atoms with E-state index in [4.69, 9.17) is 4.74 Å². The lowest BCUT2D eigenvalue weighted by atomic mass is 10.1. The summed E-state index contributed by atoms with van der Waals surface area (Å²) >= 11 is 0. The normalized spacial score (nSPS) is 10.5. The van der Waals surface area contributed by atoms with Gasteiger partial charge in [0.15, 0.2) is 0 Å². The van der Waals surface area contributed by atoms with Crippen molar-refractivity contribution in [1.82, 2.24) is 9.88 Å². The second-order valence-electron chi connectivity index (χ2n) is 7.41. The Morgan fingerprint density at radius 2 is 1.83 bits per heavy atom. The maximum Gasteiger partial charge on any atom is 0.272 e. The van der Waals surface area contributed by atoms with E-state index in [0.29, 0.717) is 30.1 Å². The number of carbonyl (C=O) groups is 2. The number of aryl methyl sites for hydroxylation is 3. The number of ether oxygens (including phenoxy) is 1. The molecule has 6 nitrogen and oxygen atoms in total. The minimum Gasteiger partial charge on any atom is -0.491 e. The molecule has 0 atom stereocenters. The molecular weight excluding hydrogens is 378 g/mol. The highest BCUT2D eigenvalue weighted by molar-refractivity contribution is 6.04. The van der Waals surface area contributed by atoms with Crippen LogP contribution in [0.15, 0.2) is 54.7 Å². The molecule has 2 N–H and O–H groups in total. The van der Waals surface area contributed by atoms with Crippen molar-refractivity contribution in [2.45, 2.75) is 20.8 Å². The molecule has 0 aliphatic heterocycles. The van der Waals surface area contributed by atoms with Gasteiger partial charge in [-0.3, -0.25) is 9.59 Å². The number of likely N-dealkylation sites (N-methyl/N-ethyl adjacent to an activating group) is 1. The Labute approximate surface area is 176 Å². The van der Waals surface area contributed by atoms with Crippen molar-refractivity contribution in [2.24, 2.45) is 0 Å². The van der Waals surface area contributed by atoms with Crippen LogP contribution in [-0.4, -0.2) is 41.9 Å². The zero-order valence-electron chi connectivity index (χ0n) is 17.8. The molecule has 0 saturated carbocycles. The van der Waals surface area contributed by atoms with Crippen LogP contribution >= 0.6 is 0 Å². The molecular formula is C24H27N3O3. The highest BCUT2D eigenvalue weighted by atomic mass is 16.5. The third-order valence-electron chi connectivity index (χ3n) is 4.94. The van der Waals surface area contributed by atoms with Gasteiger partial charge in [0.25, 0.3) is 11.8 Å². The van der Waals surface area contributed by atoms with E-state index in [2.05, 4.69) is 16.4 Å². The van der Waals surface area contributed by atoms with E-state index in [1.54, 1.807) is 42.4 Å². The number of benzene rings is 2. The Morgan fingerprint density at radius 3 is 2.53 bits per heavy atom.